The van der Waals surface area contributed by atoms with Gasteiger partial charge in [0.1, 0.15) is 17.5 Å². The summed E-state index contributed by atoms with van der Waals surface area (Å²) in [6.45, 7) is -0.414. The van der Waals surface area contributed by atoms with E-state index < -0.39 is 56.2 Å². The number of benzene rings is 3. The molecule has 3 amide bonds. The van der Waals surface area contributed by atoms with E-state index in [0.717, 1.165) is 28.0 Å². The first kappa shape index (κ1) is 29.1. The van der Waals surface area contributed by atoms with E-state index in [-0.39, 0.29) is 16.3 Å². The third-order valence-electron chi connectivity index (χ3n) is 7.17. The van der Waals surface area contributed by atoms with Gasteiger partial charge in [-0.1, -0.05) is 52.9 Å². The van der Waals surface area contributed by atoms with Crippen LogP contribution in [-0.4, -0.2) is 41.1 Å². The van der Waals surface area contributed by atoms with Gasteiger partial charge in [0.2, 0.25) is 27.7 Å². The first-order valence-corrected chi connectivity index (χ1v) is 16.3. The quantitative estimate of drug-likeness (QED) is 0.266. The summed E-state index contributed by atoms with van der Waals surface area (Å²) >= 11 is 7.90. The van der Waals surface area contributed by atoms with Gasteiger partial charge in [0.15, 0.2) is 0 Å². The van der Waals surface area contributed by atoms with Gasteiger partial charge >= 0.3 is 4.87 Å². The monoisotopic (exact) mass is 656 g/mol. The zero-order valence-electron chi connectivity index (χ0n) is 21.8. The van der Waals surface area contributed by atoms with Crippen molar-refractivity contribution in [1.82, 2.24) is 4.57 Å². The Morgan fingerprint density at radius 2 is 1.65 bits per heavy atom. The lowest BCUT2D eigenvalue weighted by atomic mass is 9.82. The number of nitrogens with zero attached hydrogens (tertiary/aromatic N) is 2. The molecule has 1 fully saturated rings. The molecule has 15 heteroatoms. The highest BCUT2D eigenvalue weighted by Gasteiger charge is 2.57. The van der Waals surface area contributed by atoms with E-state index in [1.165, 1.54) is 34.9 Å². The number of nitrogens with one attached hydrogen (secondary N) is 1. The number of sulfonamides is 1. The van der Waals surface area contributed by atoms with Crippen molar-refractivity contribution in [3.8, 4) is 5.75 Å². The van der Waals surface area contributed by atoms with Crippen molar-refractivity contribution < 1.29 is 27.9 Å². The Bertz CT molecular complexity index is 1960. The maximum atomic E-state index is 13.9. The average molecular weight is 657 g/mol. The summed E-state index contributed by atoms with van der Waals surface area (Å²) in [7, 11) is -3.91. The molecule has 1 aromatic heterocycles. The molecular weight excluding hydrogens is 636 g/mol. The average Bonchev–Trinajstić information content (AvgIpc) is 3.40. The number of phenols is 1. The van der Waals surface area contributed by atoms with Crippen LogP contribution in [0.1, 0.15) is 16.4 Å². The molecule has 3 atom stereocenters. The van der Waals surface area contributed by atoms with Gasteiger partial charge in [-0.15, -0.1) is 0 Å². The van der Waals surface area contributed by atoms with Gasteiger partial charge < -0.3 is 10.4 Å². The summed E-state index contributed by atoms with van der Waals surface area (Å²) in [6.07, 6.45) is 0. The van der Waals surface area contributed by atoms with Gasteiger partial charge in [0, 0.05) is 27.1 Å². The van der Waals surface area contributed by atoms with Gasteiger partial charge in [-0.25, -0.2) is 18.5 Å². The van der Waals surface area contributed by atoms with Crippen molar-refractivity contribution in [3.05, 3.63) is 97.9 Å². The predicted octanol–water partition coefficient (Wildman–Crippen LogP) is 3.35. The number of primary sulfonamides is 1. The number of fused-ring (bicyclic) bond motifs is 2. The number of thioether (sulfide) groups is 1. The highest BCUT2D eigenvalue weighted by atomic mass is 35.5. The molecule has 0 spiro atoms. The van der Waals surface area contributed by atoms with Gasteiger partial charge in [0.05, 0.1) is 21.5 Å². The van der Waals surface area contributed by atoms with E-state index in [0.29, 0.717) is 26.2 Å². The van der Waals surface area contributed by atoms with Crippen LogP contribution in [0, 0.1) is 5.92 Å². The number of amides is 3. The molecule has 0 saturated carbocycles. The van der Waals surface area contributed by atoms with E-state index in [4.69, 9.17) is 16.7 Å². The molecule has 2 aliphatic rings. The summed E-state index contributed by atoms with van der Waals surface area (Å²) in [5.41, 5.74) is 1.01. The smallest absolute Gasteiger partial charge is 0.308 e. The number of hydrogen-bond donors (Lipinski definition) is 3. The second-order valence-corrected chi connectivity index (χ2v) is 14.0. The van der Waals surface area contributed by atoms with Crippen LogP contribution in [0.2, 0.25) is 5.02 Å². The Labute approximate surface area is 257 Å². The van der Waals surface area contributed by atoms with Crippen LogP contribution in [0.15, 0.2) is 87.5 Å². The number of anilines is 2. The largest absolute Gasteiger partial charge is 0.508 e. The number of para-hydroxylation sites is 1. The number of thiazole rings is 1. The first-order valence-electron chi connectivity index (χ1n) is 12.7. The van der Waals surface area contributed by atoms with Gasteiger partial charge in [-0.3, -0.25) is 23.7 Å². The second kappa shape index (κ2) is 11.0. The molecule has 1 saturated heterocycles. The summed E-state index contributed by atoms with van der Waals surface area (Å²) in [5.74, 6) is -3.39. The van der Waals surface area contributed by atoms with E-state index in [1.54, 1.807) is 42.5 Å². The van der Waals surface area contributed by atoms with Crippen molar-refractivity contribution in [2.75, 3.05) is 10.2 Å². The molecule has 6 rings (SSSR count). The summed E-state index contributed by atoms with van der Waals surface area (Å²) in [6, 6.07) is 17.9. The van der Waals surface area contributed by atoms with Crippen LogP contribution in [-0.2, 0) is 31.0 Å². The van der Waals surface area contributed by atoms with E-state index in [1.807, 2.05) is 0 Å². The van der Waals surface area contributed by atoms with Crippen molar-refractivity contribution in [1.29, 1.82) is 0 Å². The molecule has 0 bridgehead atoms. The highest BCUT2D eigenvalue weighted by Crippen LogP contribution is 2.55. The van der Waals surface area contributed by atoms with Gasteiger partial charge in [-0.2, -0.15) is 0 Å². The topological polar surface area (TPSA) is 169 Å². The number of aromatic nitrogens is 1. The van der Waals surface area contributed by atoms with E-state index in [9.17, 15) is 32.7 Å². The molecule has 0 unspecified atom stereocenters. The first-order chi connectivity index (χ1) is 20.4. The zero-order valence-corrected chi connectivity index (χ0v) is 25.0. The zero-order chi connectivity index (χ0) is 30.6. The standard InChI is InChI=1S/C28H21ClN4O7S3/c29-14-5-9-16(10-6-14)33-25(36)22-21(18-3-1-2-4-19(18)34)24-27(41-23(22)26(33)37)32(28(38)42-24)13-20(35)31-15-7-11-17(12-8-15)43(30,39)40/h1-12,21-23,34H,13H2,(H,31,35)(H2,30,39,40)/t21-,22+,23-/m0/s1. The van der Waals surface area contributed by atoms with Crippen molar-refractivity contribution >= 4 is 73.8 Å². The van der Waals surface area contributed by atoms with E-state index >= 15 is 0 Å². The number of rotatable bonds is 6. The van der Waals surface area contributed by atoms with Crippen molar-refractivity contribution in [2.24, 2.45) is 11.1 Å². The molecule has 3 aromatic carbocycles. The molecule has 43 heavy (non-hydrogen) atoms. The van der Waals surface area contributed by atoms with Crippen molar-refractivity contribution in [2.45, 2.75) is 27.6 Å². The van der Waals surface area contributed by atoms with Crippen LogP contribution in [0.3, 0.4) is 0 Å². The molecule has 4 N–H and O–H groups in total. The Kier molecular flexibility index (Phi) is 7.42. The minimum absolute atomic E-state index is 0.0950. The predicted molar refractivity (Wildman–Crippen MR) is 162 cm³/mol. The molecule has 3 heterocycles. The maximum absolute atomic E-state index is 13.9. The van der Waals surface area contributed by atoms with Crippen LogP contribution in [0.5, 0.6) is 5.75 Å². The molecule has 0 aliphatic carbocycles. The Balaban J connectivity index is 1.37. The fraction of sp³-hybridized carbons (Fsp3) is 0.143. The number of phenolic OH excluding ortho intramolecular Hbond substituents is 1. The lowest BCUT2D eigenvalue weighted by Gasteiger charge is -2.31. The number of carbonyl (C=O) groups is 3. The third-order valence-corrected chi connectivity index (χ3v) is 11.0. The highest BCUT2D eigenvalue weighted by molar-refractivity contribution is 8.00. The van der Waals surface area contributed by atoms with E-state index in [2.05, 4.69) is 5.32 Å². The van der Waals surface area contributed by atoms with Crippen LogP contribution >= 0.6 is 34.7 Å². The Morgan fingerprint density at radius 3 is 2.30 bits per heavy atom. The molecule has 2 aliphatic heterocycles. The number of hydrogen-bond acceptors (Lipinski definition) is 9. The molecule has 0 radical (unpaired) electrons. The molecule has 4 aromatic rings. The summed E-state index contributed by atoms with van der Waals surface area (Å²) < 4.78 is 24.3. The molecule has 11 nitrogen and oxygen atoms in total. The Hall–Kier alpha value is -3.95. The second-order valence-electron chi connectivity index (χ2n) is 9.83. The fourth-order valence-electron chi connectivity index (χ4n) is 5.26. The van der Waals surface area contributed by atoms with Crippen LogP contribution in [0.4, 0.5) is 11.4 Å². The molecule has 220 valence electrons. The fourth-order valence-corrected chi connectivity index (χ4v) is 8.66. The lowest BCUT2D eigenvalue weighted by molar-refractivity contribution is -0.122. The number of halogens is 1. The number of aromatic hydroxyl groups is 1. The van der Waals surface area contributed by atoms with Crippen molar-refractivity contribution in [3.63, 3.8) is 0 Å². The normalized spacial score (nSPS) is 19.7. The molecular formula is C28H21ClN4O7S3. The number of imide groups is 1. The van der Waals surface area contributed by atoms with Crippen LogP contribution in [0.25, 0.3) is 0 Å². The van der Waals surface area contributed by atoms with Gasteiger partial charge in [-0.05, 0) is 54.6 Å². The maximum Gasteiger partial charge on any atom is 0.308 e. The summed E-state index contributed by atoms with van der Waals surface area (Å²) in [4.78, 5) is 54.9. The minimum Gasteiger partial charge on any atom is -0.508 e. The van der Waals surface area contributed by atoms with Crippen LogP contribution < -0.4 is 20.2 Å². The van der Waals surface area contributed by atoms with Gasteiger partial charge in [0.25, 0.3) is 0 Å². The third kappa shape index (κ3) is 5.25. The lowest BCUT2D eigenvalue weighted by Crippen LogP contribution is -2.33. The SMILES string of the molecule is NS(=O)(=O)c1ccc(NC(=O)Cn2c3c(sc2=O)[C@@H](c2ccccc2O)[C@H]2C(=O)N(c4ccc(Cl)cc4)C(=O)[C@H]2S3)cc1. The number of carbonyl (C=O) groups excluding carboxylic acids is 3. The Morgan fingerprint density at radius 1 is 0.977 bits per heavy atom. The number of nitrogens with two attached hydrogens (primary N) is 1. The summed E-state index contributed by atoms with van der Waals surface area (Å²) in [5, 5.41) is 18.4. The minimum atomic E-state index is -3.91.